The summed E-state index contributed by atoms with van der Waals surface area (Å²) in [5.74, 6) is 8.77. The van der Waals surface area contributed by atoms with E-state index in [-0.39, 0.29) is 6.04 Å². The van der Waals surface area contributed by atoms with E-state index in [4.69, 9.17) is 15.3 Å². The Bertz CT molecular complexity index is 428. The van der Waals surface area contributed by atoms with Gasteiger partial charge in [0.05, 0.1) is 20.3 Å². The summed E-state index contributed by atoms with van der Waals surface area (Å²) in [6, 6.07) is 6.10. The standard InChI is InChI=1S/C16H26N2O2/c1-11-7-9-12(10-8-11)15(18-17)13-5-4-6-14(19-2)16(13)20-3/h4-6,11-12,15,18H,7-10,17H2,1-3H3. The van der Waals surface area contributed by atoms with Crippen LogP contribution in [0.15, 0.2) is 18.2 Å². The Kier molecular flexibility index (Phi) is 5.26. The lowest BCUT2D eigenvalue weighted by Crippen LogP contribution is -2.35. The molecule has 3 N–H and O–H groups in total. The molecule has 1 aliphatic carbocycles. The summed E-state index contributed by atoms with van der Waals surface area (Å²) in [5.41, 5.74) is 4.08. The molecule has 1 saturated carbocycles. The third-order valence-corrected chi connectivity index (χ3v) is 4.48. The predicted molar refractivity (Wildman–Crippen MR) is 80.7 cm³/mol. The number of ether oxygens (including phenoxy) is 2. The molecule has 1 aromatic rings. The van der Waals surface area contributed by atoms with Crippen molar-refractivity contribution in [3.63, 3.8) is 0 Å². The van der Waals surface area contributed by atoms with Crippen LogP contribution in [0.5, 0.6) is 11.5 Å². The average molecular weight is 278 g/mol. The van der Waals surface area contributed by atoms with Gasteiger partial charge in [0.25, 0.3) is 0 Å². The largest absolute Gasteiger partial charge is 0.493 e. The highest BCUT2D eigenvalue weighted by Crippen LogP contribution is 2.42. The van der Waals surface area contributed by atoms with E-state index in [1.165, 1.54) is 25.7 Å². The Balaban J connectivity index is 2.27. The van der Waals surface area contributed by atoms with Gasteiger partial charge in [-0.15, -0.1) is 0 Å². The smallest absolute Gasteiger partial charge is 0.165 e. The quantitative estimate of drug-likeness (QED) is 0.642. The Morgan fingerprint density at radius 3 is 2.40 bits per heavy atom. The lowest BCUT2D eigenvalue weighted by Gasteiger charge is -2.33. The van der Waals surface area contributed by atoms with Crippen LogP contribution in [0.4, 0.5) is 0 Å². The minimum atomic E-state index is 0.118. The van der Waals surface area contributed by atoms with E-state index in [1.807, 2.05) is 12.1 Å². The molecular formula is C16H26N2O2. The van der Waals surface area contributed by atoms with Crippen molar-refractivity contribution < 1.29 is 9.47 Å². The molecule has 0 amide bonds. The number of methoxy groups -OCH3 is 2. The molecule has 0 aromatic heterocycles. The van der Waals surface area contributed by atoms with Crippen LogP contribution in [-0.4, -0.2) is 14.2 Å². The van der Waals surface area contributed by atoms with Gasteiger partial charge in [-0.2, -0.15) is 0 Å². The van der Waals surface area contributed by atoms with Crippen LogP contribution in [-0.2, 0) is 0 Å². The van der Waals surface area contributed by atoms with Crippen molar-refractivity contribution in [1.29, 1.82) is 0 Å². The normalized spacial score (nSPS) is 24.2. The first kappa shape index (κ1) is 15.1. The van der Waals surface area contributed by atoms with Gasteiger partial charge in [0.1, 0.15) is 0 Å². The molecule has 1 atom stereocenters. The zero-order valence-corrected chi connectivity index (χ0v) is 12.7. The highest BCUT2D eigenvalue weighted by molar-refractivity contribution is 5.48. The first-order valence-electron chi connectivity index (χ1n) is 7.38. The van der Waals surface area contributed by atoms with Gasteiger partial charge < -0.3 is 9.47 Å². The average Bonchev–Trinajstić information content (AvgIpc) is 2.49. The molecule has 112 valence electrons. The van der Waals surface area contributed by atoms with Crippen molar-refractivity contribution in [2.24, 2.45) is 17.7 Å². The highest BCUT2D eigenvalue weighted by Gasteiger charge is 2.29. The van der Waals surface area contributed by atoms with E-state index < -0.39 is 0 Å². The molecule has 1 unspecified atom stereocenters. The van der Waals surface area contributed by atoms with Crippen molar-refractivity contribution >= 4 is 0 Å². The fourth-order valence-corrected chi connectivity index (χ4v) is 3.26. The van der Waals surface area contributed by atoms with E-state index in [0.717, 1.165) is 23.0 Å². The first-order chi connectivity index (χ1) is 9.71. The first-order valence-corrected chi connectivity index (χ1v) is 7.38. The summed E-state index contributed by atoms with van der Waals surface area (Å²) >= 11 is 0. The van der Waals surface area contributed by atoms with Crippen molar-refractivity contribution in [2.75, 3.05) is 14.2 Å². The van der Waals surface area contributed by atoms with E-state index in [1.54, 1.807) is 14.2 Å². The van der Waals surface area contributed by atoms with Crippen LogP contribution in [0.25, 0.3) is 0 Å². The Hall–Kier alpha value is -1.26. The van der Waals surface area contributed by atoms with Gasteiger partial charge in [-0.25, -0.2) is 0 Å². The second-order valence-corrected chi connectivity index (χ2v) is 5.75. The number of rotatable bonds is 5. The third-order valence-electron chi connectivity index (χ3n) is 4.48. The molecule has 1 fully saturated rings. The summed E-state index contributed by atoms with van der Waals surface area (Å²) in [7, 11) is 3.34. The maximum Gasteiger partial charge on any atom is 0.165 e. The zero-order valence-electron chi connectivity index (χ0n) is 12.7. The van der Waals surface area contributed by atoms with Gasteiger partial charge in [0.15, 0.2) is 11.5 Å². The van der Waals surface area contributed by atoms with Crippen molar-refractivity contribution in [2.45, 2.75) is 38.6 Å². The van der Waals surface area contributed by atoms with Crippen LogP contribution in [0, 0.1) is 11.8 Å². The lowest BCUT2D eigenvalue weighted by molar-refractivity contribution is 0.228. The molecule has 0 bridgehead atoms. The lowest BCUT2D eigenvalue weighted by atomic mass is 9.77. The number of para-hydroxylation sites is 1. The van der Waals surface area contributed by atoms with Gasteiger partial charge in [0.2, 0.25) is 0 Å². The molecule has 4 nitrogen and oxygen atoms in total. The molecule has 4 heteroatoms. The number of nitrogens with one attached hydrogen (secondary N) is 1. The van der Waals surface area contributed by atoms with E-state index in [9.17, 15) is 0 Å². The van der Waals surface area contributed by atoms with Crippen LogP contribution in [0.3, 0.4) is 0 Å². The monoisotopic (exact) mass is 278 g/mol. The molecule has 1 aliphatic rings. The third kappa shape index (κ3) is 3.07. The Morgan fingerprint density at radius 1 is 1.15 bits per heavy atom. The Labute approximate surface area is 121 Å². The maximum absolute atomic E-state index is 5.84. The van der Waals surface area contributed by atoms with Gasteiger partial charge >= 0.3 is 0 Å². The molecule has 0 saturated heterocycles. The number of nitrogens with two attached hydrogens (primary N) is 1. The minimum Gasteiger partial charge on any atom is -0.493 e. The number of hydrogen-bond acceptors (Lipinski definition) is 4. The minimum absolute atomic E-state index is 0.118. The fourth-order valence-electron chi connectivity index (χ4n) is 3.26. The van der Waals surface area contributed by atoms with Gasteiger partial charge in [-0.05, 0) is 30.7 Å². The topological polar surface area (TPSA) is 56.5 Å². The van der Waals surface area contributed by atoms with Crippen molar-refractivity contribution in [3.8, 4) is 11.5 Å². The van der Waals surface area contributed by atoms with Crippen molar-refractivity contribution in [1.82, 2.24) is 5.43 Å². The summed E-state index contributed by atoms with van der Waals surface area (Å²) in [6.07, 6.45) is 4.96. The molecule has 20 heavy (non-hydrogen) atoms. The summed E-state index contributed by atoms with van der Waals surface area (Å²) in [5, 5.41) is 0. The Morgan fingerprint density at radius 2 is 1.85 bits per heavy atom. The highest BCUT2D eigenvalue weighted by atomic mass is 16.5. The van der Waals surface area contributed by atoms with Crippen molar-refractivity contribution in [3.05, 3.63) is 23.8 Å². The molecule has 1 aromatic carbocycles. The van der Waals surface area contributed by atoms with E-state index in [2.05, 4.69) is 18.4 Å². The van der Waals surface area contributed by atoms with Crippen LogP contribution < -0.4 is 20.7 Å². The van der Waals surface area contributed by atoms with E-state index >= 15 is 0 Å². The summed E-state index contributed by atoms with van der Waals surface area (Å²) in [6.45, 7) is 2.33. The second-order valence-electron chi connectivity index (χ2n) is 5.75. The van der Waals surface area contributed by atoms with Crippen LogP contribution in [0.1, 0.15) is 44.2 Å². The SMILES string of the molecule is COc1cccc(C(NN)C2CCC(C)CC2)c1OC. The molecule has 0 aliphatic heterocycles. The van der Waals surface area contributed by atoms with Gasteiger partial charge in [-0.3, -0.25) is 11.3 Å². The van der Waals surface area contributed by atoms with Crippen LogP contribution >= 0.6 is 0 Å². The molecule has 0 radical (unpaired) electrons. The summed E-state index contributed by atoms with van der Waals surface area (Å²) in [4.78, 5) is 0. The van der Waals surface area contributed by atoms with Crippen LogP contribution in [0.2, 0.25) is 0 Å². The van der Waals surface area contributed by atoms with E-state index in [0.29, 0.717) is 5.92 Å². The zero-order chi connectivity index (χ0) is 14.5. The molecule has 0 heterocycles. The number of hydrazine groups is 1. The molecule has 0 spiro atoms. The fraction of sp³-hybridized carbons (Fsp3) is 0.625. The maximum atomic E-state index is 5.84. The number of hydrogen-bond donors (Lipinski definition) is 2. The molecule has 2 rings (SSSR count). The second kappa shape index (κ2) is 6.95. The van der Waals surface area contributed by atoms with Gasteiger partial charge in [0, 0.05) is 5.56 Å². The predicted octanol–water partition coefficient (Wildman–Crippen LogP) is 3.03. The van der Waals surface area contributed by atoms with Gasteiger partial charge in [-0.1, -0.05) is 31.9 Å². The number of benzene rings is 1. The molecular weight excluding hydrogens is 252 g/mol. The summed E-state index contributed by atoms with van der Waals surface area (Å²) < 4.78 is 10.9.